The van der Waals surface area contributed by atoms with Gasteiger partial charge in [-0.2, -0.15) is 0 Å². The molecule has 19 heavy (non-hydrogen) atoms. The second kappa shape index (κ2) is 6.30. The number of aliphatic carboxylic acids is 1. The lowest BCUT2D eigenvalue weighted by molar-refractivity contribution is -0.140. The molecule has 0 saturated heterocycles. The van der Waals surface area contributed by atoms with Crippen LogP contribution in [0.15, 0.2) is 6.07 Å². The van der Waals surface area contributed by atoms with Crippen molar-refractivity contribution in [1.29, 1.82) is 0 Å². The van der Waals surface area contributed by atoms with Crippen molar-refractivity contribution in [3.8, 4) is 0 Å². The Morgan fingerprint density at radius 3 is 2.42 bits per heavy atom. The summed E-state index contributed by atoms with van der Waals surface area (Å²) in [6, 6.07) is 0.472. The van der Waals surface area contributed by atoms with Gasteiger partial charge in [0.15, 0.2) is 0 Å². The first-order chi connectivity index (χ1) is 8.79. The zero-order valence-corrected chi connectivity index (χ0v) is 12.4. The molecule has 0 fully saturated rings. The van der Waals surface area contributed by atoms with E-state index in [4.69, 9.17) is 28.3 Å². The Balaban J connectivity index is 2.94. The maximum atomic E-state index is 12.1. The van der Waals surface area contributed by atoms with Gasteiger partial charge in [0.2, 0.25) is 0 Å². The van der Waals surface area contributed by atoms with Crippen molar-refractivity contribution in [3.63, 3.8) is 0 Å². The van der Waals surface area contributed by atoms with Gasteiger partial charge in [0.05, 0.1) is 5.02 Å². The predicted molar refractivity (Wildman–Crippen MR) is 73.8 cm³/mol. The number of hydrogen-bond acceptors (Lipinski definition) is 2. The molecule has 1 aromatic rings. The molecular weight excluding hydrogens is 291 g/mol. The zero-order chi connectivity index (χ0) is 14.7. The third-order valence-corrected chi connectivity index (χ3v) is 3.96. The van der Waals surface area contributed by atoms with Gasteiger partial charge in [-0.05, 0) is 12.0 Å². The van der Waals surface area contributed by atoms with Gasteiger partial charge in [0.25, 0.3) is 5.91 Å². The summed E-state index contributed by atoms with van der Waals surface area (Å²) in [5, 5.41) is 12.1. The number of aromatic nitrogens is 1. The molecule has 0 aromatic carbocycles. The molecule has 0 aliphatic heterocycles. The maximum absolute atomic E-state index is 12.1. The molecule has 0 aliphatic rings. The molecule has 1 rings (SSSR count). The number of carboxylic acid groups (broad SMARTS) is 1. The molecule has 0 radical (unpaired) electrons. The standard InChI is InChI=1S/C12H16Cl2N2O3/c1-4-6(2)9(12(18)19)15-11(17)8-5-7(13)10(14)16(8)3/h5-6,9H,4H2,1-3H3,(H,15,17)(H,18,19)/t6-,9+/m0/s1. The Morgan fingerprint density at radius 2 is 2.05 bits per heavy atom. The van der Waals surface area contributed by atoms with Gasteiger partial charge in [-0.15, -0.1) is 0 Å². The number of rotatable bonds is 5. The van der Waals surface area contributed by atoms with Crippen molar-refractivity contribution in [2.75, 3.05) is 0 Å². The van der Waals surface area contributed by atoms with Crippen molar-refractivity contribution >= 4 is 35.1 Å². The number of halogens is 2. The van der Waals surface area contributed by atoms with Crippen molar-refractivity contribution in [1.82, 2.24) is 9.88 Å². The second-order valence-electron chi connectivity index (χ2n) is 4.40. The fourth-order valence-corrected chi connectivity index (χ4v) is 2.03. The highest BCUT2D eigenvalue weighted by molar-refractivity contribution is 6.41. The monoisotopic (exact) mass is 306 g/mol. The Labute approximate surface area is 121 Å². The topological polar surface area (TPSA) is 71.3 Å². The Bertz CT molecular complexity index is 499. The highest BCUT2D eigenvalue weighted by Gasteiger charge is 2.27. The lowest BCUT2D eigenvalue weighted by Crippen LogP contribution is -2.45. The van der Waals surface area contributed by atoms with E-state index in [1.165, 1.54) is 10.6 Å². The van der Waals surface area contributed by atoms with E-state index in [0.29, 0.717) is 6.42 Å². The van der Waals surface area contributed by atoms with E-state index in [1.54, 1.807) is 14.0 Å². The van der Waals surface area contributed by atoms with Crippen LogP contribution in [0.1, 0.15) is 30.8 Å². The molecule has 106 valence electrons. The van der Waals surface area contributed by atoms with Crippen LogP contribution in [0, 0.1) is 5.92 Å². The van der Waals surface area contributed by atoms with Crippen LogP contribution in [0.3, 0.4) is 0 Å². The van der Waals surface area contributed by atoms with Crippen LogP contribution in [0.4, 0.5) is 0 Å². The van der Waals surface area contributed by atoms with Gasteiger partial charge in [-0.25, -0.2) is 4.79 Å². The largest absolute Gasteiger partial charge is 0.480 e. The van der Waals surface area contributed by atoms with Crippen LogP contribution >= 0.6 is 23.2 Å². The molecule has 1 amide bonds. The molecule has 7 heteroatoms. The van der Waals surface area contributed by atoms with Crippen molar-refractivity contribution in [3.05, 3.63) is 21.9 Å². The molecule has 5 nitrogen and oxygen atoms in total. The Kier molecular flexibility index (Phi) is 5.26. The Morgan fingerprint density at radius 1 is 1.47 bits per heavy atom. The van der Waals surface area contributed by atoms with E-state index >= 15 is 0 Å². The molecule has 1 aromatic heterocycles. The first-order valence-electron chi connectivity index (χ1n) is 5.83. The maximum Gasteiger partial charge on any atom is 0.326 e. The molecule has 0 aliphatic carbocycles. The summed E-state index contributed by atoms with van der Waals surface area (Å²) in [7, 11) is 1.59. The normalized spacial score (nSPS) is 13.9. The smallest absolute Gasteiger partial charge is 0.326 e. The number of carbonyl (C=O) groups excluding carboxylic acids is 1. The van der Waals surface area contributed by atoms with Crippen molar-refractivity contribution in [2.45, 2.75) is 26.3 Å². The highest BCUT2D eigenvalue weighted by atomic mass is 35.5. The van der Waals surface area contributed by atoms with E-state index in [9.17, 15) is 9.59 Å². The quantitative estimate of drug-likeness (QED) is 0.878. The van der Waals surface area contributed by atoms with Gasteiger partial charge >= 0.3 is 5.97 Å². The number of carboxylic acids is 1. The lowest BCUT2D eigenvalue weighted by atomic mass is 9.99. The number of carbonyl (C=O) groups is 2. The summed E-state index contributed by atoms with van der Waals surface area (Å²) in [6.07, 6.45) is 0.645. The molecule has 1 heterocycles. The number of nitrogens with zero attached hydrogens (tertiary/aromatic N) is 1. The van der Waals surface area contributed by atoms with Crippen LogP contribution in [-0.2, 0) is 11.8 Å². The van der Waals surface area contributed by atoms with Crippen LogP contribution in [0.25, 0.3) is 0 Å². The van der Waals surface area contributed by atoms with Gasteiger partial charge in [-0.3, -0.25) is 4.79 Å². The van der Waals surface area contributed by atoms with Gasteiger partial charge in [0, 0.05) is 7.05 Å². The van der Waals surface area contributed by atoms with E-state index in [1.807, 2.05) is 6.92 Å². The van der Waals surface area contributed by atoms with Gasteiger partial charge in [0.1, 0.15) is 16.9 Å². The van der Waals surface area contributed by atoms with Crippen LogP contribution in [-0.4, -0.2) is 27.6 Å². The molecule has 0 unspecified atom stereocenters. The first kappa shape index (κ1) is 15.9. The van der Waals surface area contributed by atoms with Crippen LogP contribution in [0.5, 0.6) is 0 Å². The van der Waals surface area contributed by atoms with Crippen LogP contribution in [0.2, 0.25) is 10.2 Å². The van der Waals surface area contributed by atoms with E-state index in [0.717, 1.165) is 0 Å². The third-order valence-electron chi connectivity index (χ3n) is 3.11. The predicted octanol–water partition coefficient (Wildman–Crippen LogP) is 2.56. The van der Waals surface area contributed by atoms with E-state index < -0.39 is 17.9 Å². The molecule has 0 saturated carbocycles. The minimum absolute atomic E-state index is 0.173. The van der Waals surface area contributed by atoms with E-state index in [2.05, 4.69) is 5.32 Å². The van der Waals surface area contributed by atoms with Crippen molar-refractivity contribution < 1.29 is 14.7 Å². The molecule has 0 spiro atoms. The molecular formula is C12H16Cl2N2O3. The highest BCUT2D eigenvalue weighted by Crippen LogP contribution is 2.25. The van der Waals surface area contributed by atoms with Gasteiger partial charge in [-0.1, -0.05) is 43.5 Å². The summed E-state index contributed by atoms with van der Waals surface area (Å²) in [6.45, 7) is 3.63. The molecule has 2 N–H and O–H groups in total. The number of hydrogen-bond donors (Lipinski definition) is 2. The third kappa shape index (κ3) is 3.42. The molecule has 0 bridgehead atoms. The summed E-state index contributed by atoms with van der Waals surface area (Å²) in [4.78, 5) is 23.2. The SMILES string of the molecule is CC[C@H](C)[C@@H](NC(=O)c1cc(Cl)c(Cl)n1C)C(=O)O. The minimum Gasteiger partial charge on any atom is -0.480 e. The fourth-order valence-electron chi connectivity index (χ4n) is 1.66. The van der Waals surface area contributed by atoms with Crippen molar-refractivity contribution in [2.24, 2.45) is 13.0 Å². The van der Waals surface area contributed by atoms with Crippen LogP contribution < -0.4 is 5.32 Å². The first-order valence-corrected chi connectivity index (χ1v) is 6.59. The lowest BCUT2D eigenvalue weighted by Gasteiger charge is -2.20. The average molecular weight is 307 g/mol. The Hall–Kier alpha value is -1.20. The zero-order valence-electron chi connectivity index (χ0n) is 10.9. The summed E-state index contributed by atoms with van der Waals surface area (Å²) < 4.78 is 1.41. The van der Waals surface area contributed by atoms with Gasteiger partial charge < -0.3 is 15.0 Å². The summed E-state index contributed by atoms with van der Waals surface area (Å²) >= 11 is 11.7. The fraction of sp³-hybridized carbons (Fsp3) is 0.500. The minimum atomic E-state index is -1.06. The number of nitrogens with one attached hydrogen (secondary N) is 1. The summed E-state index contributed by atoms with van der Waals surface area (Å²) in [5.41, 5.74) is 0.226. The summed E-state index contributed by atoms with van der Waals surface area (Å²) in [5.74, 6) is -1.74. The molecule has 2 atom stereocenters. The second-order valence-corrected chi connectivity index (χ2v) is 5.17. The number of amides is 1. The average Bonchev–Trinajstić information content (AvgIpc) is 2.62. The van der Waals surface area contributed by atoms with E-state index in [-0.39, 0.29) is 21.8 Å².